The molecule has 0 saturated carbocycles. The SMILES string of the molecule is CCC1CN(C=NN)CCN1C(=O)OC. The third-order valence-corrected chi connectivity index (χ3v) is 2.62. The number of hydrogen-bond donors (Lipinski definition) is 1. The summed E-state index contributed by atoms with van der Waals surface area (Å²) in [4.78, 5) is 15.2. The largest absolute Gasteiger partial charge is 0.453 e. The molecule has 0 aromatic carbocycles. The Morgan fingerprint density at radius 1 is 1.67 bits per heavy atom. The van der Waals surface area contributed by atoms with Crippen LogP contribution in [0.5, 0.6) is 0 Å². The molecule has 6 heteroatoms. The van der Waals surface area contributed by atoms with E-state index in [0.29, 0.717) is 6.54 Å². The molecule has 6 nitrogen and oxygen atoms in total. The van der Waals surface area contributed by atoms with Gasteiger partial charge in [-0.25, -0.2) is 4.79 Å². The van der Waals surface area contributed by atoms with Crippen molar-refractivity contribution >= 4 is 12.4 Å². The van der Waals surface area contributed by atoms with E-state index in [4.69, 9.17) is 10.6 Å². The Bertz CT molecular complexity index is 244. The number of hydrazone groups is 1. The fourth-order valence-corrected chi connectivity index (χ4v) is 1.79. The minimum Gasteiger partial charge on any atom is -0.453 e. The normalized spacial score (nSPS) is 22.1. The Hall–Kier alpha value is -1.46. The highest BCUT2D eigenvalue weighted by Gasteiger charge is 2.28. The van der Waals surface area contributed by atoms with Crippen LogP contribution in [0.3, 0.4) is 0 Å². The van der Waals surface area contributed by atoms with Gasteiger partial charge >= 0.3 is 6.09 Å². The number of rotatable bonds is 2. The lowest BCUT2D eigenvalue weighted by molar-refractivity contribution is 0.0758. The number of piperazine rings is 1. The number of hydrogen-bond acceptors (Lipinski definition) is 4. The van der Waals surface area contributed by atoms with Gasteiger partial charge in [-0.1, -0.05) is 6.92 Å². The van der Waals surface area contributed by atoms with Crippen LogP contribution in [0, 0.1) is 0 Å². The fourth-order valence-electron chi connectivity index (χ4n) is 1.79. The van der Waals surface area contributed by atoms with E-state index >= 15 is 0 Å². The zero-order valence-electron chi connectivity index (χ0n) is 9.22. The molecule has 0 spiro atoms. The van der Waals surface area contributed by atoms with Gasteiger partial charge in [-0.2, -0.15) is 5.10 Å². The lowest BCUT2D eigenvalue weighted by Crippen LogP contribution is -2.54. The van der Waals surface area contributed by atoms with Gasteiger partial charge in [-0.05, 0) is 6.42 Å². The first-order chi connectivity index (χ1) is 7.22. The van der Waals surface area contributed by atoms with Crippen molar-refractivity contribution in [1.29, 1.82) is 0 Å². The van der Waals surface area contributed by atoms with Crippen LogP contribution in [-0.2, 0) is 4.74 Å². The van der Waals surface area contributed by atoms with Crippen LogP contribution in [0.15, 0.2) is 5.10 Å². The highest BCUT2D eigenvalue weighted by Crippen LogP contribution is 2.12. The molecular formula is C9H18N4O2. The minimum atomic E-state index is -0.258. The molecule has 0 aromatic rings. The van der Waals surface area contributed by atoms with Crippen molar-refractivity contribution in [2.24, 2.45) is 10.9 Å². The maximum atomic E-state index is 11.4. The van der Waals surface area contributed by atoms with E-state index in [-0.39, 0.29) is 12.1 Å². The van der Waals surface area contributed by atoms with E-state index in [1.807, 2.05) is 11.8 Å². The van der Waals surface area contributed by atoms with E-state index in [9.17, 15) is 4.79 Å². The fraction of sp³-hybridized carbons (Fsp3) is 0.778. The quantitative estimate of drug-likeness (QED) is 0.305. The molecule has 0 radical (unpaired) electrons. The molecule has 1 saturated heterocycles. The Balaban J connectivity index is 2.60. The standard InChI is InChI=1S/C9H18N4O2/c1-3-8-6-12(7-11-10)4-5-13(8)9(14)15-2/h7-8H,3-6,10H2,1-2H3. The predicted molar refractivity (Wildman–Crippen MR) is 57.4 cm³/mol. The van der Waals surface area contributed by atoms with Crippen molar-refractivity contribution in [3.05, 3.63) is 0 Å². The molecule has 1 heterocycles. The molecule has 1 aliphatic rings. The van der Waals surface area contributed by atoms with E-state index in [2.05, 4.69) is 5.10 Å². The monoisotopic (exact) mass is 214 g/mol. The Labute approximate surface area is 89.7 Å². The zero-order valence-corrected chi connectivity index (χ0v) is 9.22. The van der Waals surface area contributed by atoms with Gasteiger partial charge in [0.1, 0.15) is 6.34 Å². The Kier molecular flexibility index (Phi) is 4.20. The van der Waals surface area contributed by atoms with Crippen molar-refractivity contribution in [3.8, 4) is 0 Å². The number of amides is 1. The van der Waals surface area contributed by atoms with Crippen LogP contribution < -0.4 is 5.84 Å². The predicted octanol–water partition coefficient (Wildman–Crippen LogP) is 0.0510. The number of carbonyl (C=O) groups is 1. The highest BCUT2D eigenvalue weighted by molar-refractivity contribution is 5.68. The van der Waals surface area contributed by atoms with Crippen molar-refractivity contribution in [2.45, 2.75) is 19.4 Å². The third kappa shape index (κ3) is 2.74. The first-order valence-corrected chi connectivity index (χ1v) is 5.05. The average molecular weight is 214 g/mol. The first-order valence-electron chi connectivity index (χ1n) is 5.05. The summed E-state index contributed by atoms with van der Waals surface area (Å²) in [6.07, 6.45) is 2.24. The van der Waals surface area contributed by atoms with Crippen LogP contribution >= 0.6 is 0 Å². The van der Waals surface area contributed by atoms with Gasteiger partial charge in [0.15, 0.2) is 0 Å². The van der Waals surface area contributed by atoms with E-state index in [1.54, 1.807) is 11.2 Å². The smallest absolute Gasteiger partial charge is 0.409 e. The highest BCUT2D eigenvalue weighted by atomic mass is 16.5. The average Bonchev–Trinajstić information content (AvgIpc) is 2.28. The minimum absolute atomic E-state index is 0.171. The number of nitrogens with zero attached hydrogens (tertiary/aromatic N) is 3. The number of methoxy groups -OCH3 is 1. The van der Waals surface area contributed by atoms with Crippen LogP contribution in [0.1, 0.15) is 13.3 Å². The first kappa shape index (κ1) is 11.6. The molecule has 15 heavy (non-hydrogen) atoms. The van der Waals surface area contributed by atoms with Gasteiger partial charge < -0.3 is 20.4 Å². The van der Waals surface area contributed by atoms with Gasteiger partial charge in [0.2, 0.25) is 0 Å². The van der Waals surface area contributed by atoms with Crippen LogP contribution in [-0.4, -0.2) is 55.0 Å². The maximum absolute atomic E-state index is 11.4. The third-order valence-electron chi connectivity index (χ3n) is 2.62. The summed E-state index contributed by atoms with van der Waals surface area (Å²) < 4.78 is 4.73. The number of carbonyl (C=O) groups excluding carboxylic acids is 1. The molecular weight excluding hydrogens is 196 g/mol. The van der Waals surface area contributed by atoms with E-state index in [0.717, 1.165) is 19.5 Å². The number of nitrogens with two attached hydrogens (primary N) is 1. The molecule has 1 rings (SSSR count). The molecule has 0 aliphatic carbocycles. The molecule has 86 valence electrons. The van der Waals surface area contributed by atoms with Gasteiger partial charge in [0.05, 0.1) is 13.2 Å². The van der Waals surface area contributed by atoms with Crippen LogP contribution in [0.25, 0.3) is 0 Å². The molecule has 1 aliphatic heterocycles. The zero-order chi connectivity index (χ0) is 11.3. The maximum Gasteiger partial charge on any atom is 0.409 e. The van der Waals surface area contributed by atoms with Crippen molar-refractivity contribution in [1.82, 2.24) is 9.80 Å². The molecule has 1 unspecified atom stereocenters. The Morgan fingerprint density at radius 2 is 2.40 bits per heavy atom. The Morgan fingerprint density at radius 3 is 2.93 bits per heavy atom. The van der Waals surface area contributed by atoms with E-state index < -0.39 is 0 Å². The summed E-state index contributed by atoms with van der Waals surface area (Å²) in [7, 11) is 1.41. The summed E-state index contributed by atoms with van der Waals surface area (Å²) in [5.74, 6) is 5.09. The van der Waals surface area contributed by atoms with Gasteiger partial charge in [0, 0.05) is 19.6 Å². The molecule has 0 aromatic heterocycles. The molecule has 2 N–H and O–H groups in total. The van der Waals surface area contributed by atoms with Gasteiger partial charge in [0.25, 0.3) is 0 Å². The van der Waals surface area contributed by atoms with Crippen LogP contribution in [0.2, 0.25) is 0 Å². The topological polar surface area (TPSA) is 71.2 Å². The number of ether oxygens (including phenoxy) is 1. The van der Waals surface area contributed by atoms with Crippen molar-refractivity contribution < 1.29 is 9.53 Å². The molecule has 0 bridgehead atoms. The second-order valence-electron chi connectivity index (χ2n) is 3.48. The lowest BCUT2D eigenvalue weighted by Gasteiger charge is -2.39. The summed E-state index contributed by atoms with van der Waals surface area (Å²) in [5, 5.41) is 3.48. The van der Waals surface area contributed by atoms with E-state index in [1.165, 1.54) is 7.11 Å². The lowest BCUT2D eigenvalue weighted by atomic mass is 10.1. The molecule has 1 atom stereocenters. The molecule has 1 fully saturated rings. The second-order valence-corrected chi connectivity index (χ2v) is 3.48. The summed E-state index contributed by atoms with van der Waals surface area (Å²) >= 11 is 0. The second kappa shape index (κ2) is 5.43. The van der Waals surface area contributed by atoms with Gasteiger partial charge in [-0.15, -0.1) is 0 Å². The van der Waals surface area contributed by atoms with Crippen LogP contribution in [0.4, 0.5) is 4.79 Å². The van der Waals surface area contributed by atoms with Crippen molar-refractivity contribution in [3.63, 3.8) is 0 Å². The summed E-state index contributed by atoms with van der Waals surface area (Å²) in [5.41, 5.74) is 0. The summed E-state index contributed by atoms with van der Waals surface area (Å²) in [6.45, 7) is 4.19. The molecule has 1 amide bonds. The summed E-state index contributed by atoms with van der Waals surface area (Å²) in [6, 6.07) is 0.171. The van der Waals surface area contributed by atoms with Crippen molar-refractivity contribution in [2.75, 3.05) is 26.7 Å². The van der Waals surface area contributed by atoms with Gasteiger partial charge in [-0.3, -0.25) is 0 Å².